The van der Waals surface area contributed by atoms with E-state index >= 15 is 0 Å². The van der Waals surface area contributed by atoms with Gasteiger partial charge in [0.2, 0.25) is 17.7 Å². The van der Waals surface area contributed by atoms with E-state index < -0.39 is 23.9 Å². The standard InChI is InChI=1S/C13H22N4O3/c1-8(2)7-11(16-9(3)18)13(20)17-10(12(15)19)5-4-6-14/h8,10-11H,4-5,7H2,1-3H3,(H2,15,19)(H,16,18)(H,17,20)/t10-,11-/m0/s1. The second-order valence-corrected chi connectivity index (χ2v) is 5.04. The molecule has 0 aliphatic carbocycles. The van der Waals surface area contributed by atoms with E-state index in [4.69, 9.17) is 11.0 Å². The molecule has 0 saturated heterocycles. The van der Waals surface area contributed by atoms with Gasteiger partial charge in [-0.15, -0.1) is 0 Å². The molecule has 0 fully saturated rings. The molecule has 3 amide bonds. The lowest BCUT2D eigenvalue weighted by molar-refractivity contribution is -0.131. The minimum atomic E-state index is -0.898. The highest BCUT2D eigenvalue weighted by atomic mass is 16.2. The summed E-state index contributed by atoms with van der Waals surface area (Å²) >= 11 is 0. The summed E-state index contributed by atoms with van der Waals surface area (Å²) in [6, 6.07) is 0.282. The van der Waals surface area contributed by atoms with Crippen molar-refractivity contribution in [1.29, 1.82) is 5.26 Å². The van der Waals surface area contributed by atoms with Crippen LogP contribution < -0.4 is 16.4 Å². The van der Waals surface area contributed by atoms with Crippen molar-refractivity contribution in [3.05, 3.63) is 0 Å². The molecule has 0 spiro atoms. The highest BCUT2D eigenvalue weighted by Crippen LogP contribution is 2.06. The van der Waals surface area contributed by atoms with Gasteiger partial charge in [-0.25, -0.2) is 0 Å². The van der Waals surface area contributed by atoms with Crippen LogP contribution in [0.5, 0.6) is 0 Å². The number of amides is 3. The smallest absolute Gasteiger partial charge is 0.243 e. The number of hydrogen-bond donors (Lipinski definition) is 3. The molecule has 0 bridgehead atoms. The third-order valence-electron chi connectivity index (χ3n) is 2.61. The van der Waals surface area contributed by atoms with E-state index in [1.54, 1.807) is 0 Å². The maximum Gasteiger partial charge on any atom is 0.243 e. The van der Waals surface area contributed by atoms with Crippen molar-refractivity contribution >= 4 is 17.7 Å². The Labute approximate surface area is 118 Å². The fraction of sp³-hybridized carbons (Fsp3) is 0.692. The first-order valence-electron chi connectivity index (χ1n) is 6.51. The van der Waals surface area contributed by atoms with Crippen LogP contribution in [-0.2, 0) is 14.4 Å². The van der Waals surface area contributed by atoms with Crippen molar-refractivity contribution in [3.63, 3.8) is 0 Å². The Morgan fingerprint density at radius 3 is 2.20 bits per heavy atom. The molecule has 0 aromatic heterocycles. The third-order valence-corrected chi connectivity index (χ3v) is 2.61. The molecule has 20 heavy (non-hydrogen) atoms. The Kier molecular flexibility index (Phi) is 7.97. The normalized spacial score (nSPS) is 13.2. The van der Waals surface area contributed by atoms with E-state index in [0.717, 1.165) is 0 Å². The molecule has 0 saturated carbocycles. The van der Waals surface area contributed by atoms with Crippen LogP contribution in [0.4, 0.5) is 0 Å². The lowest BCUT2D eigenvalue weighted by Crippen LogP contribution is -2.53. The summed E-state index contributed by atoms with van der Waals surface area (Å²) in [6.45, 7) is 5.16. The Bertz CT molecular complexity index is 401. The molecule has 0 aliphatic rings. The minimum Gasteiger partial charge on any atom is -0.368 e. The average Bonchev–Trinajstić information content (AvgIpc) is 2.31. The van der Waals surface area contributed by atoms with Gasteiger partial charge in [-0.2, -0.15) is 5.26 Å². The largest absolute Gasteiger partial charge is 0.368 e. The van der Waals surface area contributed by atoms with Gasteiger partial charge in [0.1, 0.15) is 12.1 Å². The molecule has 112 valence electrons. The molecule has 0 radical (unpaired) electrons. The van der Waals surface area contributed by atoms with Crippen LogP contribution in [-0.4, -0.2) is 29.8 Å². The van der Waals surface area contributed by atoms with Gasteiger partial charge in [0.15, 0.2) is 0 Å². The highest BCUT2D eigenvalue weighted by molar-refractivity contribution is 5.91. The number of nitrogens with two attached hydrogens (primary N) is 1. The highest BCUT2D eigenvalue weighted by Gasteiger charge is 2.25. The van der Waals surface area contributed by atoms with Gasteiger partial charge in [-0.3, -0.25) is 14.4 Å². The molecule has 0 aromatic rings. The molecule has 0 unspecified atom stereocenters. The van der Waals surface area contributed by atoms with Crippen molar-refractivity contribution in [2.24, 2.45) is 11.7 Å². The van der Waals surface area contributed by atoms with Gasteiger partial charge in [-0.1, -0.05) is 13.8 Å². The predicted molar refractivity (Wildman–Crippen MR) is 73.0 cm³/mol. The Morgan fingerprint density at radius 1 is 1.20 bits per heavy atom. The van der Waals surface area contributed by atoms with E-state index in [1.165, 1.54) is 6.92 Å². The summed E-state index contributed by atoms with van der Waals surface area (Å²) < 4.78 is 0. The fourth-order valence-electron chi connectivity index (χ4n) is 1.72. The number of rotatable bonds is 8. The number of carbonyl (C=O) groups excluding carboxylic acids is 3. The molecule has 7 nitrogen and oxygen atoms in total. The van der Waals surface area contributed by atoms with Crippen molar-refractivity contribution in [1.82, 2.24) is 10.6 Å². The summed E-state index contributed by atoms with van der Waals surface area (Å²) in [5.41, 5.74) is 5.18. The van der Waals surface area contributed by atoms with Crippen molar-refractivity contribution < 1.29 is 14.4 Å². The summed E-state index contributed by atoms with van der Waals surface area (Å²) in [5.74, 6) is -1.28. The van der Waals surface area contributed by atoms with Crippen LogP contribution >= 0.6 is 0 Å². The number of nitriles is 1. The predicted octanol–water partition coefficient (Wildman–Crippen LogP) is -0.189. The second kappa shape index (κ2) is 8.91. The zero-order chi connectivity index (χ0) is 15.7. The van der Waals surface area contributed by atoms with Crippen LogP contribution in [0, 0.1) is 17.2 Å². The maximum atomic E-state index is 12.1. The molecule has 0 rings (SSSR count). The Hall–Kier alpha value is -2.10. The van der Waals surface area contributed by atoms with E-state index in [0.29, 0.717) is 6.42 Å². The van der Waals surface area contributed by atoms with Crippen molar-refractivity contribution in [2.45, 2.75) is 52.1 Å². The number of carbonyl (C=O) groups is 3. The number of hydrogen-bond acceptors (Lipinski definition) is 4. The molecule has 2 atom stereocenters. The molecule has 0 heterocycles. The van der Waals surface area contributed by atoms with Gasteiger partial charge in [0.25, 0.3) is 0 Å². The first kappa shape index (κ1) is 17.9. The zero-order valence-electron chi connectivity index (χ0n) is 12.1. The molecule has 0 aromatic carbocycles. The van der Waals surface area contributed by atoms with E-state index in [-0.39, 0.29) is 24.7 Å². The van der Waals surface area contributed by atoms with Crippen LogP contribution in [0.25, 0.3) is 0 Å². The Balaban J connectivity index is 4.73. The first-order chi connectivity index (χ1) is 9.27. The second-order valence-electron chi connectivity index (χ2n) is 5.04. The van der Waals surface area contributed by atoms with Crippen LogP contribution in [0.2, 0.25) is 0 Å². The molecular weight excluding hydrogens is 260 g/mol. The topological polar surface area (TPSA) is 125 Å². The van der Waals surface area contributed by atoms with Crippen LogP contribution in [0.15, 0.2) is 0 Å². The zero-order valence-corrected chi connectivity index (χ0v) is 12.1. The van der Waals surface area contributed by atoms with Crippen LogP contribution in [0.1, 0.15) is 40.0 Å². The minimum absolute atomic E-state index is 0.114. The molecule has 4 N–H and O–H groups in total. The average molecular weight is 282 g/mol. The van der Waals surface area contributed by atoms with Gasteiger partial charge in [-0.05, 0) is 18.8 Å². The van der Waals surface area contributed by atoms with Crippen LogP contribution in [0.3, 0.4) is 0 Å². The van der Waals surface area contributed by atoms with Crippen molar-refractivity contribution in [3.8, 4) is 6.07 Å². The van der Waals surface area contributed by atoms with E-state index in [2.05, 4.69) is 10.6 Å². The molecule has 7 heteroatoms. The van der Waals surface area contributed by atoms with Gasteiger partial charge in [0, 0.05) is 13.3 Å². The summed E-state index contributed by atoms with van der Waals surface area (Å²) in [6.07, 6.45) is 0.726. The maximum absolute atomic E-state index is 12.1. The molecule has 0 aliphatic heterocycles. The van der Waals surface area contributed by atoms with Gasteiger partial charge >= 0.3 is 0 Å². The lowest BCUT2D eigenvalue weighted by atomic mass is 10.0. The monoisotopic (exact) mass is 282 g/mol. The Morgan fingerprint density at radius 2 is 1.80 bits per heavy atom. The van der Waals surface area contributed by atoms with Crippen molar-refractivity contribution in [2.75, 3.05) is 0 Å². The summed E-state index contributed by atoms with van der Waals surface area (Å²) in [7, 11) is 0. The van der Waals surface area contributed by atoms with Gasteiger partial charge in [0.05, 0.1) is 6.07 Å². The third kappa shape index (κ3) is 7.36. The summed E-state index contributed by atoms with van der Waals surface area (Å²) in [4.78, 5) is 34.4. The first-order valence-corrected chi connectivity index (χ1v) is 6.51. The quantitative estimate of drug-likeness (QED) is 0.570. The number of nitrogens with one attached hydrogen (secondary N) is 2. The van der Waals surface area contributed by atoms with Gasteiger partial charge < -0.3 is 16.4 Å². The van der Waals surface area contributed by atoms with E-state index in [9.17, 15) is 14.4 Å². The lowest BCUT2D eigenvalue weighted by Gasteiger charge is -2.22. The summed E-state index contributed by atoms with van der Waals surface area (Å²) in [5, 5.41) is 13.5. The molecular formula is C13H22N4O3. The number of nitrogens with zero attached hydrogens (tertiary/aromatic N) is 1. The van der Waals surface area contributed by atoms with E-state index in [1.807, 2.05) is 19.9 Å². The fourth-order valence-corrected chi connectivity index (χ4v) is 1.72. The number of primary amides is 1. The SMILES string of the molecule is CC(=O)N[C@@H](CC(C)C)C(=O)N[C@@H](CCC#N)C(N)=O.